The van der Waals surface area contributed by atoms with Gasteiger partial charge in [-0.3, -0.25) is 9.59 Å². The molecule has 0 aliphatic carbocycles. The normalized spacial score (nSPS) is 23.1. The van der Waals surface area contributed by atoms with Gasteiger partial charge < -0.3 is 10.6 Å². The van der Waals surface area contributed by atoms with Gasteiger partial charge >= 0.3 is 0 Å². The molecule has 0 aromatic heterocycles. The molecule has 0 saturated carbocycles. The molecule has 29 heavy (non-hydrogen) atoms. The fraction of sp³-hybridized carbons (Fsp3) is 0.842. The highest BCUT2D eigenvalue weighted by atomic mass is 32.2. The Bertz CT molecular complexity index is 713. The van der Waals surface area contributed by atoms with E-state index in [4.69, 9.17) is 0 Å². The van der Waals surface area contributed by atoms with E-state index >= 15 is 0 Å². The molecule has 2 saturated heterocycles. The molecule has 0 spiro atoms. The predicted octanol–water partition coefficient (Wildman–Crippen LogP) is 0.646. The summed E-state index contributed by atoms with van der Waals surface area (Å²) in [7, 11) is -3.78. The fourth-order valence-corrected chi connectivity index (χ4v) is 5.25. The van der Waals surface area contributed by atoms with E-state index in [9.17, 15) is 23.3 Å². The lowest BCUT2D eigenvalue weighted by Crippen LogP contribution is -2.54. The van der Waals surface area contributed by atoms with Crippen LogP contribution in [-0.4, -0.2) is 56.3 Å². The quantitative estimate of drug-likeness (QED) is 0.497. The molecule has 2 aliphatic rings. The number of hydrogen-bond acceptors (Lipinski definition) is 5. The van der Waals surface area contributed by atoms with Crippen molar-refractivity contribution in [3.63, 3.8) is 0 Å². The van der Waals surface area contributed by atoms with E-state index in [0.717, 1.165) is 25.7 Å². The molecule has 0 radical (unpaired) electrons. The molecule has 2 rings (SSSR count). The highest BCUT2D eigenvalue weighted by Gasteiger charge is 2.32. The maximum atomic E-state index is 12.8. The lowest BCUT2D eigenvalue weighted by molar-refractivity contribution is -0.128. The monoisotopic (exact) mass is 427 g/mol. The molecule has 3 N–H and O–H groups in total. The Morgan fingerprint density at radius 2 is 1.97 bits per heavy atom. The molecule has 0 bridgehead atoms. The Hall–Kier alpha value is -1.70. The van der Waals surface area contributed by atoms with Crippen molar-refractivity contribution in [2.45, 2.75) is 70.9 Å². The molecule has 3 atom stereocenters. The molecular formula is C19H33N5O4S. The van der Waals surface area contributed by atoms with Crippen LogP contribution in [0.4, 0.5) is 0 Å². The summed E-state index contributed by atoms with van der Waals surface area (Å²) >= 11 is 0. The molecule has 0 aromatic carbocycles. The van der Waals surface area contributed by atoms with Gasteiger partial charge in [0.2, 0.25) is 11.8 Å². The van der Waals surface area contributed by atoms with Gasteiger partial charge in [0, 0.05) is 25.6 Å². The number of piperidine rings is 2. The van der Waals surface area contributed by atoms with E-state index in [2.05, 4.69) is 15.4 Å². The number of rotatable bonds is 9. The minimum absolute atomic E-state index is 0.0828. The van der Waals surface area contributed by atoms with Gasteiger partial charge in [0.05, 0.1) is 6.07 Å². The second kappa shape index (κ2) is 10.9. The number of hydrogen-bond donors (Lipinski definition) is 3. The number of nitrogens with zero attached hydrogens (tertiary/aromatic N) is 2. The Morgan fingerprint density at radius 3 is 2.55 bits per heavy atom. The number of amides is 2. The fourth-order valence-electron chi connectivity index (χ4n) is 3.80. The summed E-state index contributed by atoms with van der Waals surface area (Å²) < 4.78 is 29.3. The largest absolute Gasteiger partial charge is 0.356 e. The van der Waals surface area contributed by atoms with Crippen LogP contribution in [0.15, 0.2) is 0 Å². The number of nitrogens with one attached hydrogen (secondary N) is 3. The van der Waals surface area contributed by atoms with E-state index in [-0.39, 0.29) is 24.2 Å². The van der Waals surface area contributed by atoms with Gasteiger partial charge in [0.1, 0.15) is 12.1 Å². The van der Waals surface area contributed by atoms with Crippen LogP contribution >= 0.6 is 0 Å². The van der Waals surface area contributed by atoms with E-state index in [1.54, 1.807) is 0 Å². The summed E-state index contributed by atoms with van der Waals surface area (Å²) in [6.45, 7) is 5.34. The van der Waals surface area contributed by atoms with Gasteiger partial charge in [-0.25, -0.2) is 0 Å². The summed E-state index contributed by atoms with van der Waals surface area (Å²) in [5.74, 6) is -0.862. The molecular weight excluding hydrogens is 394 g/mol. The highest BCUT2D eigenvalue weighted by Crippen LogP contribution is 2.18. The molecule has 9 nitrogen and oxygen atoms in total. The summed E-state index contributed by atoms with van der Waals surface area (Å²) in [6.07, 6.45) is 4.68. The van der Waals surface area contributed by atoms with Crippen LogP contribution in [-0.2, 0) is 19.8 Å². The second-order valence-corrected chi connectivity index (χ2v) is 10.0. The average Bonchev–Trinajstić information content (AvgIpc) is 2.68. The Balaban J connectivity index is 2.02. The first kappa shape index (κ1) is 23.6. The molecule has 2 amide bonds. The van der Waals surface area contributed by atoms with E-state index in [0.29, 0.717) is 32.5 Å². The first-order valence-corrected chi connectivity index (χ1v) is 11.9. The van der Waals surface area contributed by atoms with Crippen molar-refractivity contribution in [3.8, 4) is 6.07 Å². The Kier molecular flexibility index (Phi) is 8.86. The van der Waals surface area contributed by atoms with Crippen molar-refractivity contribution >= 4 is 22.0 Å². The lowest BCUT2D eigenvalue weighted by atomic mass is 9.92. The van der Waals surface area contributed by atoms with Gasteiger partial charge in [0.15, 0.2) is 0 Å². The topological polar surface area (TPSA) is 131 Å². The van der Waals surface area contributed by atoms with Crippen LogP contribution in [0.3, 0.4) is 0 Å². The molecule has 0 aromatic rings. The first-order valence-electron chi connectivity index (χ1n) is 10.5. The maximum absolute atomic E-state index is 12.8. The molecule has 2 aliphatic heterocycles. The standard InChI is InChI=1S/C19H33N5O4S/c1-14(2)11-17(23-29(27,28)24-9-4-3-5-10-24)19(26)22-16(13-20)12-15-7-6-8-21-18(15)25/h14-17,23H,3-12H2,1-2H3,(H,21,25)(H,22,26)/t15-,16-,17-/m0/s1. The number of nitriles is 1. The zero-order valence-corrected chi connectivity index (χ0v) is 18.1. The zero-order valence-electron chi connectivity index (χ0n) is 17.3. The summed E-state index contributed by atoms with van der Waals surface area (Å²) in [5.41, 5.74) is 0. The highest BCUT2D eigenvalue weighted by molar-refractivity contribution is 7.87. The predicted molar refractivity (Wildman–Crippen MR) is 109 cm³/mol. The van der Waals surface area contributed by atoms with Crippen molar-refractivity contribution in [3.05, 3.63) is 0 Å². The van der Waals surface area contributed by atoms with E-state index < -0.39 is 28.2 Å². The molecule has 10 heteroatoms. The van der Waals surface area contributed by atoms with Crippen LogP contribution < -0.4 is 15.4 Å². The molecule has 2 fully saturated rings. The molecule has 164 valence electrons. The van der Waals surface area contributed by atoms with Crippen molar-refractivity contribution < 1.29 is 18.0 Å². The van der Waals surface area contributed by atoms with Gasteiger partial charge in [-0.15, -0.1) is 0 Å². The average molecular weight is 428 g/mol. The van der Waals surface area contributed by atoms with Crippen LogP contribution in [0.25, 0.3) is 0 Å². The third-order valence-electron chi connectivity index (χ3n) is 5.36. The maximum Gasteiger partial charge on any atom is 0.280 e. The first-order chi connectivity index (χ1) is 13.7. The van der Waals surface area contributed by atoms with Gasteiger partial charge in [-0.1, -0.05) is 20.3 Å². The van der Waals surface area contributed by atoms with Crippen LogP contribution in [0.5, 0.6) is 0 Å². The number of carbonyl (C=O) groups is 2. The summed E-state index contributed by atoms with van der Waals surface area (Å²) in [6, 6.07) is 0.233. The van der Waals surface area contributed by atoms with Crippen molar-refractivity contribution in [1.29, 1.82) is 5.26 Å². The van der Waals surface area contributed by atoms with Crippen molar-refractivity contribution in [2.75, 3.05) is 19.6 Å². The van der Waals surface area contributed by atoms with Crippen molar-refractivity contribution in [1.82, 2.24) is 19.7 Å². The lowest BCUT2D eigenvalue weighted by Gasteiger charge is -2.29. The minimum atomic E-state index is -3.78. The second-order valence-electron chi connectivity index (χ2n) is 8.32. The summed E-state index contributed by atoms with van der Waals surface area (Å²) in [4.78, 5) is 24.8. The smallest absolute Gasteiger partial charge is 0.280 e. The van der Waals surface area contributed by atoms with Crippen LogP contribution in [0.1, 0.15) is 58.8 Å². The van der Waals surface area contributed by atoms with Gasteiger partial charge in [-0.2, -0.15) is 22.7 Å². The van der Waals surface area contributed by atoms with Crippen LogP contribution in [0, 0.1) is 23.2 Å². The van der Waals surface area contributed by atoms with E-state index in [1.165, 1.54) is 4.31 Å². The zero-order chi connectivity index (χ0) is 21.4. The Labute approximate surface area is 173 Å². The van der Waals surface area contributed by atoms with Crippen LogP contribution in [0.2, 0.25) is 0 Å². The third kappa shape index (κ3) is 7.24. The minimum Gasteiger partial charge on any atom is -0.356 e. The summed E-state index contributed by atoms with van der Waals surface area (Å²) in [5, 5.41) is 14.9. The van der Waals surface area contributed by atoms with Crippen molar-refractivity contribution in [2.24, 2.45) is 11.8 Å². The number of carbonyl (C=O) groups excluding carboxylic acids is 2. The SMILES string of the molecule is CC(C)C[C@H](NS(=O)(=O)N1CCCCC1)C(=O)N[C@H](C#N)C[C@@H]1CCCNC1=O. The molecule has 2 heterocycles. The Morgan fingerprint density at radius 1 is 1.28 bits per heavy atom. The third-order valence-corrected chi connectivity index (χ3v) is 6.99. The van der Waals surface area contributed by atoms with E-state index in [1.807, 2.05) is 19.9 Å². The van der Waals surface area contributed by atoms with Gasteiger partial charge in [0.25, 0.3) is 10.2 Å². The molecule has 0 unspecified atom stereocenters. The van der Waals surface area contributed by atoms with Gasteiger partial charge in [-0.05, 0) is 44.4 Å².